The van der Waals surface area contributed by atoms with Crippen LogP contribution in [0, 0.1) is 17.0 Å². The normalized spacial score (nSPS) is 11.7. The Hall–Kier alpha value is -2.69. The predicted molar refractivity (Wildman–Crippen MR) is 81.2 cm³/mol. The first-order chi connectivity index (χ1) is 10.1. The number of carbonyl (C=O) groups is 1. The van der Waals surface area contributed by atoms with Gasteiger partial charge in [0.1, 0.15) is 0 Å². The molecule has 5 heteroatoms. The Morgan fingerprint density at radius 3 is 2.33 bits per heavy atom. The van der Waals surface area contributed by atoms with Gasteiger partial charge in [0.25, 0.3) is 0 Å². The van der Waals surface area contributed by atoms with Crippen molar-refractivity contribution in [1.82, 2.24) is 0 Å². The van der Waals surface area contributed by atoms with Gasteiger partial charge in [-0.05, 0) is 19.1 Å². The van der Waals surface area contributed by atoms with Crippen molar-refractivity contribution in [1.29, 1.82) is 0 Å². The number of Topliss-reactive ketones (excluding diaryl/α,β-unsaturated/α-hetero) is 1. The Morgan fingerprint density at radius 1 is 1.14 bits per heavy atom. The molecule has 0 aliphatic rings. The first-order valence-electron chi connectivity index (χ1n) is 6.60. The average Bonchev–Trinajstić information content (AvgIpc) is 2.47. The van der Waals surface area contributed by atoms with Gasteiger partial charge < -0.3 is 5.32 Å². The van der Waals surface area contributed by atoms with Crippen LogP contribution < -0.4 is 5.32 Å². The molecule has 0 fully saturated rings. The van der Waals surface area contributed by atoms with Gasteiger partial charge in [-0.15, -0.1) is 0 Å². The third-order valence-corrected chi connectivity index (χ3v) is 3.10. The van der Waals surface area contributed by atoms with Crippen LogP contribution in [0.25, 0.3) is 0 Å². The van der Waals surface area contributed by atoms with Gasteiger partial charge in [-0.1, -0.05) is 48.0 Å². The number of rotatable bonds is 6. The quantitative estimate of drug-likeness (QED) is 0.503. The summed E-state index contributed by atoms with van der Waals surface area (Å²) in [5.74, 6) is -0.282. The lowest BCUT2D eigenvalue weighted by Crippen LogP contribution is -2.36. The van der Waals surface area contributed by atoms with E-state index in [0.29, 0.717) is 11.3 Å². The van der Waals surface area contributed by atoms with E-state index in [1.54, 1.807) is 24.3 Å². The van der Waals surface area contributed by atoms with Gasteiger partial charge in [-0.25, -0.2) is 0 Å². The Balaban J connectivity index is 2.20. The molecule has 108 valence electrons. The highest BCUT2D eigenvalue weighted by atomic mass is 16.6. The molecule has 21 heavy (non-hydrogen) atoms. The summed E-state index contributed by atoms with van der Waals surface area (Å²) in [6, 6.07) is 15.1. The molecule has 1 atom stereocenters. The number of nitro groups is 1. The van der Waals surface area contributed by atoms with E-state index >= 15 is 0 Å². The maximum Gasteiger partial charge on any atom is 0.231 e. The van der Waals surface area contributed by atoms with Crippen LogP contribution >= 0.6 is 0 Å². The molecule has 0 heterocycles. The third kappa shape index (κ3) is 4.14. The van der Waals surface area contributed by atoms with Gasteiger partial charge in [-0.3, -0.25) is 14.9 Å². The van der Waals surface area contributed by atoms with E-state index in [1.165, 1.54) is 0 Å². The number of hydrogen-bond donors (Lipinski definition) is 1. The van der Waals surface area contributed by atoms with Gasteiger partial charge in [-0.2, -0.15) is 0 Å². The number of aryl methyl sites for hydroxylation is 1. The van der Waals surface area contributed by atoms with Crippen LogP contribution in [0.2, 0.25) is 0 Å². The largest absolute Gasteiger partial charge is 0.370 e. The van der Waals surface area contributed by atoms with Crippen molar-refractivity contribution in [2.75, 3.05) is 11.9 Å². The zero-order valence-corrected chi connectivity index (χ0v) is 11.7. The summed E-state index contributed by atoms with van der Waals surface area (Å²) in [4.78, 5) is 22.8. The van der Waals surface area contributed by atoms with Gasteiger partial charge in [0.2, 0.25) is 6.54 Å². The van der Waals surface area contributed by atoms with Gasteiger partial charge in [0.15, 0.2) is 11.8 Å². The van der Waals surface area contributed by atoms with Gasteiger partial charge in [0.05, 0.1) is 0 Å². The monoisotopic (exact) mass is 284 g/mol. The van der Waals surface area contributed by atoms with Gasteiger partial charge in [0, 0.05) is 16.2 Å². The van der Waals surface area contributed by atoms with E-state index in [0.717, 1.165) is 5.56 Å². The van der Waals surface area contributed by atoms with Crippen LogP contribution in [0.15, 0.2) is 54.6 Å². The zero-order chi connectivity index (χ0) is 15.2. The lowest BCUT2D eigenvalue weighted by Gasteiger charge is -2.15. The molecule has 0 radical (unpaired) electrons. The van der Waals surface area contributed by atoms with Crippen molar-refractivity contribution in [3.8, 4) is 0 Å². The molecule has 0 spiro atoms. The number of nitrogens with zero attached hydrogens (tertiary/aromatic N) is 1. The number of ketones is 1. The van der Waals surface area contributed by atoms with Crippen molar-refractivity contribution >= 4 is 11.5 Å². The molecule has 0 amide bonds. The van der Waals surface area contributed by atoms with E-state index in [9.17, 15) is 14.9 Å². The van der Waals surface area contributed by atoms with Crippen molar-refractivity contribution in [3.63, 3.8) is 0 Å². The second-order valence-electron chi connectivity index (χ2n) is 4.81. The SMILES string of the molecule is Cc1ccc(C(=O)C(C[N+](=O)[O-])Nc2ccccc2)cc1. The molecule has 0 saturated carbocycles. The molecule has 5 nitrogen and oxygen atoms in total. The van der Waals surface area contributed by atoms with E-state index < -0.39 is 17.5 Å². The van der Waals surface area contributed by atoms with Gasteiger partial charge >= 0.3 is 0 Å². The first-order valence-corrected chi connectivity index (χ1v) is 6.60. The Labute approximate surface area is 122 Å². The number of para-hydroxylation sites is 1. The molecular formula is C16H16N2O3. The summed E-state index contributed by atoms with van der Waals surface area (Å²) in [5, 5.41) is 13.7. The van der Waals surface area contributed by atoms with E-state index in [2.05, 4.69) is 5.32 Å². The highest BCUT2D eigenvalue weighted by Crippen LogP contribution is 2.12. The predicted octanol–water partition coefficient (Wildman–Crippen LogP) is 2.94. The summed E-state index contributed by atoms with van der Waals surface area (Å²) in [7, 11) is 0. The second kappa shape index (κ2) is 6.65. The molecule has 2 rings (SSSR count). The minimum atomic E-state index is -0.884. The minimum absolute atomic E-state index is 0.282. The molecule has 0 saturated heterocycles. The average molecular weight is 284 g/mol. The molecule has 2 aromatic rings. The van der Waals surface area contributed by atoms with Crippen LogP contribution in [0.3, 0.4) is 0 Å². The van der Waals surface area contributed by atoms with E-state index in [1.807, 2.05) is 37.3 Å². The third-order valence-electron chi connectivity index (χ3n) is 3.10. The smallest absolute Gasteiger partial charge is 0.231 e. The first kappa shape index (κ1) is 14.7. The molecular weight excluding hydrogens is 268 g/mol. The van der Waals surface area contributed by atoms with Crippen molar-refractivity contribution in [2.24, 2.45) is 0 Å². The lowest BCUT2D eigenvalue weighted by atomic mass is 10.0. The van der Waals surface area contributed by atoms with Crippen molar-refractivity contribution in [2.45, 2.75) is 13.0 Å². The minimum Gasteiger partial charge on any atom is -0.370 e. The number of carbonyl (C=O) groups excluding carboxylic acids is 1. The van der Waals surface area contributed by atoms with Crippen LogP contribution in [0.1, 0.15) is 15.9 Å². The maximum absolute atomic E-state index is 12.4. The van der Waals surface area contributed by atoms with Crippen LogP contribution in [-0.2, 0) is 0 Å². The van der Waals surface area contributed by atoms with Crippen LogP contribution in [0.4, 0.5) is 5.69 Å². The fourth-order valence-electron chi connectivity index (χ4n) is 2.00. The van der Waals surface area contributed by atoms with Crippen LogP contribution in [0.5, 0.6) is 0 Å². The number of anilines is 1. The zero-order valence-electron chi connectivity index (χ0n) is 11.7. The lowest BCUT2D eigenvalue weighted by molar-refractivity contribution is -0.479. The molecule has 1 unspecified atom stereocenters. The highest BCUT2D eigenvalue weighted by molar-refractivity contribution is 6.01. The Morgan fingerprint density at radius 2 is 1.76 bits per heavy atom. The summed E-state index contributed by atoms with van der Waals surface area (Å²) in [5.41, 5.74) is 2.19. The molecule has 0 aliphatic carbocycles. The number of nitrogens with one attached hydrogen (secondary N) is 1. The Kier molecular flexibility index (Phi) is 4.66. The summed E-state index contributed by atoms with van der Waals surface area (Å²) in [6.45, 7) is 1.46. The molecule has 2 aromatic carbocycles. The summed E-state index contributed by atoms with van der Waals surface area (Å²) < 4.78 is 0. The highest BCUT2D eigenvalue weighted by Gasteiger charge is 2.25. The fourth-order valence-corrected chi connectivity index (χ4v) is 2.00. The summed E-state index contributed by atoms with van der Waals surface area (Å²) >= 11 is 0. The fraction of sp³-hybridized carbons (Fsp3) is 0.188. The summed E-state index contributed by atoms with van der Waals surface area (Å²) in [6.07, 6.45) is 0. The molecule has 1 N–H and O–H groups in total. The maximum atomic E-state index is 12.4. The van der Waals surface area contributed by atoms with E-state index in [-0.39, 0.29) is 5.78 Å². The number of benzene rings is 2. The van der Waals surface area contributed by atoms with Crippen LogP contribution in [-0.4, -0.2) is 23.3 Å². The van der Waals surface area contributed by atoms with Crippen molar-refractivity contribution in [3.05, 3.63) is 75.8 Å². The molecule has 0 bridgehead atoms. The second-order valence-corrected chi connectivity index (χ2v) is 4.81. The topological polar surface area (TPSA) is 72.2 Å². The standard InChI is InChI=1S/C16H16N2O3/c1-12-7-9-13(10-8-12)16(19)15(11-18(20)21)17-14-5-3-2-4-6-14/h2-10,15,17H,11H2,1H3. The molecule has 0 aromatic heterocycles. The van der Waals surface area contributed by atoms with Crippen molar-refractivity contribution < 1.29 is 9.72 Å². The number of hydrogen-bond acceptors (Lipinski definition) is 4. The Bertz CT molecular complexity index is 624. The van der Waals surface area contributed by atoms with E-state index in [4.69, 9.17) is 0 Å². The molecule has 0 aliphatic heterocycles.